The van der Waals surface area contributed by atoms with Crippen LogP contribution in [0.5, 0.6) is 0 Å². The van der Waals surface area contributed by atoms with Crippen molar-refractivity contribution in [2.24, 2.45) is 0 Å². The SMILES string of the molecule is CN(C)C(CNC(=O)CN1C(=O)NC(C)(c2ccccc2)C1=O)c1cccs1. The highest BCUT2D eigenvalue weighted by Crippen LogP contribution is 2.28. The average Bonchev–Trinajstić information content (AvgIpc) is 3.26. The number of hydrogen-bond acceptors (Lipinski definition) is 5. The van der Waals surface area contributed by atoms with Crippen LogP contribution < -0.4 is 10.6 Å². The second-order valence-electron chi connectivity index (χ2n) is 7.11. The standard InChI is InChI=1S/C20H24N4O3S/c1-20(14-8-5-4-6-9-14)18(26)24(19(27)22-20)13-17(25)21-12-15(23(2)3)16-10-7-11-28-16/h4-11,15H,12-13H2,1-3H3,(H,21,25)(H,22,27). The predicted octanol–water partition coefficient (Wildman–Crippen LogP) is 1.93. The fourth-order valence-corrected chi connectivity index (χ4v) is 4.16. The van der Waals surface area contributed by atoms with Gasteiger partial charge in [-0.15, -0.1) is 11.3 Å². The Hall–Kier alpha value is -2.71. The summed E-state index contributed by atoms with van der Waals surface area (Å²) in [5.74, 6) is -0.800. The van der Waals surface area contributed by atoms with Crippen LogP contribution in [0.4, 0.5) is 4.79 Å². The minimum atomic E-state index is -1.16. The highest BCUT2D eigenvalue weighted by Gasteiger charge is 2.49. The number of amides is 4. The Bertz CT molecular complexity index is 854. The molecule has 28 heavy (non-hydrogen) atoms. The molecular formula is C20H24N4O3S. The van der Waals surface area contributed by atoms with Gasteiger partial charge in [-0.25, -0.2) is 4.79 Å². The molecule has 8 heteroatoms. The maximum atomic E-state index is 12.9. The molecule has 0 spiro atoms. The summed E-state index contributed by atoms with van der Waals surface area (Å²) < 4.78 is 0. The molecular weight excluding hydrogens is 376 g/mol. The lowest BCUT2D eigenvalue weighted by Gasteiger charge is -2.24. The van der Waals surface area contributed by atoms with E-state index in [9.17, 15) is 14.4 Å². The van der Waals surface area contributed by atoms with Gasteiger partial charge in [-0.1, -0.05) is 36.4 Å². The van der Waals surface area contributed by atoms with Crippen molar-refractivity contribution >= 4 is 29.2 Å². The number of carbonyl (C=O) groups is 3. The van der Waals surface area contributed by atoms with E-state index in [0.29, 0.717) is 12.1 Å². The smallest absolute Gasteiger partial charge is 0.325 e. The van der Waals surface area contributed by atoms with Crippen LogP contribution in [-0.2, 0) is 15.1 Å². The third kappa shape index (κ3) is 3.93. The monoisotopic (exact) mass is 400 g/mol. The number of benzene rings is 1. The summed E-state index contributed by atoms with van der Waals surface area (Å²) in [6, 6.07) is 12.5. The molecule has 1 aromatic heterocycles. The summed E-state index contributed by atoms with van der Waals surface area (Å²) in [6.45, 7) is 1.74. The van der Waals surface area contributed by atoms with Crippen LogP contribution in [0, 0.1) is 0 Å². The molecule has 2 unspecified atom stereocenters. The first-order valence-corrected chi connectivity index (χ1v) is 9.87. The van der Waals surface area contributed by atoms with Crippen LogP contribution in [0.3, 0.4) is 0 Å². The normalized spacial score (nSPS) is 20.4. The zero-order valence-electron chi connectivity index (χ0n) is 16.1. The van der Waals surface area contributed by atoms with Crippen LogP contribution in [0.1, 0.15) is 23.4 Å². The molecule has 2 atom stereocenters. The van der Waals surface area contributed by atoms with E-state index in [1.807, 2.05) is 42.6 Å². The number of rotatable bonds is 7. The number of urea groups is 1. The first-order chi connectivity index (χ1) is 13.3. The number of hydrogen-bond donors (Lipinski definition) is 2. The zero-order chi connectivity index (χ0) is 20.3. The third-order valence-electron chi connectivity index (χ3n) is 4.92. The Labute approximate surface area is 168 Å². The molecule has 1 fully saturated rings. The Morgan fingerprint density at radius 3 is 2.54 bits per heavy atom. The lowest BCUT2D eigenvalue weighted by Crippen LogP contribution is -2.44. The third-order valence-corrected chi connectivity index (χ3v) is 5.89. The average molecular weight is 401 g/mol. The van der Waals surface area contributed by atoms with Gasteiger partial charge in [0, 0.05) is 11.4 Å². The predicted molar refractivity (Wildman–Crippen MR) is 108 cm³/mol. The Morgan fingerprint density at radius 1 is 1.21 bits per heavy atom. The molecule has 0 radical (unpaired) electrons. The molecule has 2 heterocycles. The molecule has 4 amide bonds. The van der Waals surface area contributed by atoms with Gasteiger partial charge in [0.05, 0.1) is 6.04 Å². The van der Waals surface area contributed by atoms with E-state index in [0.717, 1.165) is 9.78 Å². The van der Waals surface area contributed by atoms with Gasteiger partial charge >= 0.3 is 6.03 Å². The largest absolute Gasteiger partial charge is 0.353 e. The van der Waals surface area contributed by atoms with Gasteiger partial charge in [-0.05, 0) is 38.0 Å². The van der Waals surface area contributed by atoms with Crippen molar-refractivity contribution < 1.29 is 14.4 Å². The first-order valence-electron chi connectivity index (χ1n) is 8.99. The van der Waals surface area contributed by atoms with Crippen LogP contribution in [0.25, 0.3) is 0 Å². The van der Waals surface area contributed by atoms with Crippen molar-refractivity contribution in [1.82, 2.24) is 20.4 Å². The molecule has 1 aromatic carbocycles. The van der Waals surface area contributed by atoms with Gasteiger partial charge < -0.3 is 15.5 Å². The van der Waals surface area contributed by atoms with Crippen molar-refractivity contribution in [3.05, 3.63) is 58.3 Å². The van der Waals surface area contributed by atoms with Crippen LogP contribution in [0.2, 0.25) is 0 Å². The van der Waals surface area contributed by atoms with Crippen molar-refractivity contribution in [1.29, 1.82) is 0 Å². The van der Waals surface area contributed by atoms with Crippen LogP contribution in [0.15, 0.2) is 47.8 Å². The van der Waals surface area contributed by atoms with E-state index in [1.165, 1.54) is 0 Å². The highest BCUT2D eigenvalue weighted by atomic mass is 32.1. The number of nitrogens with one attached hydrogen (secondary N) is 2. The molecule has 1 aliphatic rings. The van der Waals surface area contributed by atoms with E-state index >= 15 is 0 Å². The fourth-order valence-electron chi connectivity index (χ4n) is 3.24. The van der Waals surface area contributed by atoms with Gasteiger partial charge in [0.1, 0.15) is 12.1 Å². The second kappa shape index (κ2) is 8.12. The number of nitrogens with zero attached hydrogens (tertiary/aromatic N) is 2. The summed E-state index contributed by atoms with van der Waals surface area (Å²) in [5.41, 5.74) is -0.483. The zero-order valence-corrected chi connectivity index (χ0v) is 17.0. The Kier molecular flexibility index (Phi) is 5.81. The number of carbonyl (C=O) groups excluding carboxylic acids is 3. The number of thiophene rings is 1. The lowest BCUT2D eigenvalue weighted by atomic mass is 9.92. The number of likely N-dealkylation sites (N-methyl/N-ethyl adjacent to an activating group) is 1. The molecule has 7 nitrogen and oxygen atoms in total. The molecule has 1 saturated heterocycles. The molecule has 1 aliphatic heterocycles. The fraction of sp³-hybridized carbons (Fsp3) is 0.350. The topological polar surface area (TPSA) is 81.8 Å². The molecule has 0 bridgehead atoms. The minimum absolute atomic E-state index is 0.0293. The summed E-state index contributed by atoms with van der Waals surface area (Å²) >= 11 is 1.62. The van der Waals surface area contributed by atoms with E-state index in [1.54, 1.807) is 42.5 Å². The molecule has 148 valence electrons. The molecule has 2 N–H and O–H groups in total. The first kappa shape index (κ1) is 20.0. The molecule has 0 saturated carbocycles. The van der Waals surface area contributed by atoms with Gasteiger partial charge in [-0.2, -0.15) is 0 Å². The summed E-state index contributed by atoms with van der Waals surface area (Å²) in [7, 11) is 3.89. The number of imide groups is 1. The van der Waals surface area contributed by atoms with Gasteiger partial charge in [0.15, 0.2) is 0 Å². The van der Waals surface area contributed by atoms with Crippen molar-refractivity contribution in [2.45, 2.75) is 18.5 Å². The molecule has 0 aliphatic carbocycles. The minimum Gasteiger partial charge on any atom is -0.353 e. The summed E-state index contributed by atoms with van der Waals surface area (Å²) in [6.07, 6.45) is 0. The van der Waals surface area contributed by atoms with Crippen molar-refractivity contribution in [3.8, 4) is 0 Å². The summed E-state index contributed by atoms with van der Waals surface area (Å²) in [5, 5.41) is 7.54. The van der Waals surface area contributed by atoms with E-state index in [2.05, 4.69) is 10.6 Å². The van der Waals surface area contributed by atoms with Crippen LogP contribution in [-0.4, -0.2) is 54.8 Å². The quantitative estimate of drug-likeness (QED) is 0.696. The maximum Gasteiger partial charge on any atom is 0.325 e. The van der Waals surface area contributed by atoms with E-state index in [-0.39, 0.29) is 18.5 Å². The van der Waals surface area contributed by atoms with Crippen LogP contribution >= 0.6 is 11.3 Å². The summed E-state index contributed by atoms with van der Waals surface area (Å²) in [4.78, 5) is 41.8. The lowest BCUT2D eigenvalue weighted by molar-refractivity contribution is -0.134. The Balaban J connectivity index is 1.64. The highest BCUT2D eigenvalue weighted by molar-refractivity contribution is 7.10. The van der Waals surface area contributed by atoms with Gasteiger partial charge in [-0.3, -0.25) is 14.5 Å². The maximum absolute atomic E-state index is 12.9. The van der Waals surface area contributed by atoms with Gasteiger partial charge in [0.25, 0.3) is 5.91 Å². The Morgan fingerprint density at radius 2 is 1.93 bits per heavy atom. The van der Waals surface area contributed by atoms with E-state index in [4.69, 9.17) is 0 Å². The molecule has 2 aromatic rings. The van der Waals surface area contributed by atoms with Crippen molar-refractivity contribution in [2.75, 3.05) is 27.2 Å². The van der Waals surface area contributed by atoms with Crippen molar-refractivity contribution in [3.63, 3.8) is 0 Å². The molecule has 3 rings (SSSR count). The van der Waals surface area contributed by atoms with Gasteiger partial charge in [0.2, 0.25) is 5.91 Å². The second-order valence-corrected chi connectivity index (χ2v) is 8.09. The van der Waals surface area contributed by atoms with E-state index < -0.39 is 17.5 Å².